The molecular weight excluding hydrogens is 348 g/mol. The van der Waals surface area contributed by atoms with Gasteiger partial charge in [0.15, 0.2) is 0 Å². The van der Waals surface area contributed by atoms with Crippen LogP contribution in [-0.4, -0.2) is 18.6 Å². The van der Waals surface area contributed by atoms with Gasteiger partial charge in [-0.05, 0) is 65.6 Å². The highest BCUT2D eigenvalue weighted by Gasteiger charge is 2.51. The van der Waals surface area contributed by atoms with E-state index < -0.39 is 0 Å². The summed E-state index contributed by atoms with van der Waals surface area (Å²) < 4.78 is 5.61. The summed E-state index contributed by atoms with van der Waals surface area (Å²) in [5.74, 6) is 1.09. The third-order valence-corrected chi connectivity index (χ3v) is 6.59. The van der Waals surface area contributed by atoms with Gasteiger partial charge in [0.2, 0.25) is 5.91 Å². The van der Waals surface area contributed by atoms with Crippen molar-refractivity contribution in [3.05, 3.63) is 53.1 Å². The summed E-state index contributed by atoms with van der Waals surface area (Å²) in [7, 11) is 0. The average molecular weight is 377 g/mol. The van der Waals surface area contributed by atoms with E-state index in [0.29, 0.717) is 6.04 Å². The van der Waals surface area contributed by atoms with Crippen LogP contribution in [-0.2, 0) is 23.1 Å². The van der Waals surface area contributed by atoms with Crippen LogP contribution in [0, 0.1) is 5.41 Å². The Morgan fingerprint density at radius 1 is 1.14 bits per heavy atom. The molecule has 28 heavy (non-hydrogen) atoms. The second-order valence-electron chi connectivity index (χ2n) is 9.60. The van der Waals surface area contributed by atoms with Crippen LogP contribution in [0.4, 0.5) is 11.4 Å². The quantitative estimate of drug-likeness (QED) is 0.818. The number of carbonyl (C=O) groups is 1. The van der Waals surface area contributed by atoms with E-state index in [1.807, 2.05) is 12.1 Å². The molecular formula is C24H28N2O2. The number of carbonyl (C=O) groups excluding carboxylic acids is 1. The summed E-state index contributed by atoms with van der Waals surface area (Å²) in [6.45, 7) is 7.53. The standard InChI is InChI=1S/C24H28N2O2/c1-23(2,3)21-14-16-13-18(5-6-19(16)26-21)25-22(27)24(9-10-24)17-4-7-20-15(12-17)8-11-28-20/h4-7,12-13,21,26H,8-11,14H2,1-3H3,(H,25,27). The van der Waals surface area contributed by atoms with Gasteiger partial charge in [-0.1, -0.05) is 32.9 Å². The summed E-state index contributed by atoms with van der Waals surface area (Å²) in [4.78, 5) is 13.2. The van der Waals surface area contributed by atoms with Gasteiger partial charge in [-0.2, -0.15) is 0 Å². The Labute approximate surface area is 166 Å². The van der Waals surface area contributed by atoms with Gasteiger partial charge in [-0.25, -0.2) is 0 Å². The van der Waals surface area contributed by atoms with Crippen molar-refractivity contribution in [2.45, 2.75) is 57.9 Å². The van der Waals surface area contributed by atoms with E-state index in [4.69, 9.17) is 4.74 Å². The SMILES string of the molecule is CC(C)(C)C1Cc2cc(NC(=O)C3(c4ccc5c(c4)CCO5)CC3)ccc2N1. The largest absolute Gasteiger partial charge is 0.493 e. The maximum Gasteiger partial charge on any atom is 0.235 e. The van der Waals surface area contributed by atoms with Crippen LogP contribution in [0.3, 0.4) is 0 Å². The molecule has 1 atom stereocenters. The summed E-state index contributed by atoms with van der Waals surface area (Å²) >= 11 is 0. The highest BCUT2D eigenvalue weighted by atomic mass is 16.5. The van der Waals surface area contributed by atoms with Gasteiger partial charge >= 0.3 is 0 Å². The molecule has 4 nitrogen and oxygen atoms in total. The predicted molar refractivity (Wildman–Crippen MR) is 112 cm³/mol. The van der Waals surface area contributed by atoms with Gasteiger partial charge in [0.1, 0.15) is 5.75 Å². The molecule has 2 heterocycles. The molecule has 0 aromatic heterocycles. The van der Waals surface area contributed by atoms with Gasteiger partial charge in [-0.3, -0.25) is 4.79 Å². The molecule has 5 rings (SSSR count). The maximum absolute atomic E-state index is 13.2. The number of ether oxygens (including phenoxy) is 1. The van der Waals surface area contributed by atoms with Crippen LogP contribution in [0.1, 0.15) is 50.3 Å². The lowest BCUT2D eigenvalue weighted by Crippen LogP contribution is -2.31. The molecule has 1 aliphatic carbocycles. The van der Waals surface area contributed by atoms with E-state index in [1.165, 1.54) is 16.8 Å². The lowest BCUT2D eigenvalue weighted by atomic mass is 9.85. The highest BCUT2D eigenvalue weighted by molar-refractivity contribution is 6.01. The van der Waals surface area contributed by atoms with Crippen LogP contribution in [0.2, 0.25) is 0 Å². The molecule has 146 valence electrons. The summed E-state index contributed by atoms with van der Waals surface area (Å²) in [5, 5.41) is 6.82. The van der Waals surface area contributed by atoms with E-state index >= 15 is 0 Å². The predicted octanol–water partition coefficient (Wildman–Crippen LogP) is 4.67. The summed E-state index contributed by atoms with van der Waals surface area (Å²) in [6.07, 6.45) is 3.76. The molecule has 2 aliphatic heterocycles. The highest BCUT2D eigenvalue weighted by Crippen LogP contribution is 2.50. The number of amides is 1. The van der Waals surface area contributed by atoms with E-state index in [9.17, 15) is 4.79 Å². The van der Waals surface area contributed by atoms with Crippen LogP contribution in [0.5, 0.6) is 5.75 Å². The van der Waals surface area contributed by atoms with Crippen molar-refractivity contribution in [1.29, 1.82) is 0 Å². The van der Waals surface area contributed by atoms with E-state index in [1.54, 1.807) is 0 Å². The van der Waals surface area contributed by atoms with Gasteiger partial charge in [0, 0.05) is 23.8 Å². The van der Waals surface area contributed by atoms with Crippen LogP contribution in [0.25, 0.3) is 0 Å². The molecule has 1 saturated carbocycles. The molecule has 3 aliphatic rings. The van der Waals surface area contributed by atoms with Crippen molar-refractivity contribution in [3.63, 3.8) is 0 Å². The fourth-order valence-electron chi connectivity index (χ4n) is 4.47. The van der Waals surface area contributed by atoms with Crippen LogP contribution < -0.4 is 15.4 Å². The molecule has 0 spiro atoms. The molecule has 2 aromatic rings. The van der Waals surface area contributed by atoms with E-state index in [0.717, 1.165) is 49.3 Å². The van der Waals surface area contributed by atoms with E-state index in [-0.39, 0.29) is 16.7 Å². The lowest BCUT2D eigenvalue weighted by molar-refractivity contribution is -0.118. The third-order valence-electron chi connectivity index (χ3n) is 6.59. The van der Waals surface area contributed by atoms with Crippen molar-refractivity contribution in [2.75, 3.05) is 17.2 Å². The Morgan fingerprint density at radius 3 is 2.71 bits per heavy atom. The van der Waals surface area contributed by atoms with Gasteiger partial charge in [0.25, 0.3) is 0 Å². The number of fused-ring (bicyclic) bond motifs is 2. The number of benzene rings is 2. The molecule has 2 N–H and O–H groups in total. The minimum atomic E-state index is -0.372. The number of hydrogen-bond acceptors (Lipinski definition) is 3. The zero-order valence-corrected chi connectivity index (χ0v) is 16.9. The number of nitrogens with one attached hydrogen (secondary N) is 2. The fourth-order valence-corrected chi connectivity index (χ4v) is 4.47. The van der Waals surface area contributed by atoms with Crippen molar-refractivity contribution >= 4 is 17.3 Å². The van der Waals surface area contributed by atoms with Gasteiger partial charge in [0.05, 0.1) is 12.0 Å². The lowest BCUT2D eigenvalue weighted by Gasteiger charge is -2.27. The zero-order chi connectivity index (χ0) is 19.5. The average Bonchev–Trinajstić information content (AvgIpc) is 3.13. The Balaban J connectivity index is 1.34. The van der Waals surface area contributed by atoms with Crippen LogP contribution >= 0.6 is 0 Å². The van der Waals surface area contributed by atoms with Crippen molar-refractivity contribution in [1.82, 2.24) is 0 Å². The first-order chi connectivity index (χ1) is 13.3. The van der Waals surface area contributed by atoms with Crippen molar-refractivity contribution in [3.8, 4) is 5.75 Å². The monoisotopic (exact) mass is 376 g/mol. The minimum Gasteiger partial charge on any atom is -0.493 e. The van der Waals surface area contributed by atoms with Crippen molar-refractivity contribution in [2.24, 2.45) is 5.41 Å². The number of hydrogen-bond donors (Lipinski definition) is 2. The third kappa shape index (κ3) is 2.86. The van der Waals surface area contributed by atoms with E-state index in [2.05, 4.69) is 55.7 Å². The maximum atomic E-state index is 13.2. The smallest absolute Gasteiger partial charge is 0.235 e. The molecule has 2 aromatic carbocycles. The topological polar surface area (TPSA) is 50.4 Å². The molecule has 1 fully saturated rings. The minimum absolute atomic E-state index is 0.115. The number of rotatable bonds is 3. The summed E-state index contributed by atoms with van der Waals surface area (Å²) in [6, 6.07) is 12.9. The normalized spacial score (nSPS) is 21.3. The van der Waals surface area contributed by atoms with Gasteiger partial charge < -0.3 is 15.4 Å². The fraction of sp³-hybridized carbons (Fsp3) is 0.458. The Kier molecular flexibility index (Phi) is 3.77. The molecule has 1 amide bonds. The number of anilines is 2. The molecule has 0 radical (unpaired) electrons. The van der Waals surface area contributed by atoms with Crippen molar-refractivity contribution < 1.29 is 9.53 Å². The van der Waals surface area contributed by atoms with Crippen LogP contribution in [0.15, 0.2) is 36.4 Å². The first kappa shape index (κ1) is 17.6. The first-order valence-corrected chi connectivity index (χ1v) is 10.3. The molecule has 1 unspecified atom stereocenters. The first-order valence-electron chi connectivity index (χ1n) is 10.3. The molecule has 4 heteroatoms. The Morgan fingerprint density at radius 2 is 1.96 bits per heavy atom. The molecule has 0 saturated heterocycles. The Bertz CT molecular complexity index is 954. The second-order valence-corrected chi connectivity index (χ2v) is 9.60. The second kappa shape index (κ2) is 6.00. The molecule has 0 bridgehead atoms. The zero-order valence-electron chi connectivity index (χ0n) is 16.9. The van der Waals surface area contributed by atoms with Gasteiger partial charge in [-0.15, -0.1) is 0 Å². The Hall–Kier alpha value is -2.49. The summed E-state index contributed by atoms with van der Waals surface area (Å²) in [5.41, 5.74) is 5.57.